The quantitative estimate of drug-likeness (QED) is 0.518. The smallest absolute Gasteiger partial charge is 0.490 e. The molecule has 1 aromatic carbocycles. The van der Waals surface area contributed by atoms with Gasteiger partial charge in [-0.05, 0) is 35.9 Å². The average molecular weight is 533 g/mol. The zero-order valence-corrected chi connectivity index (χ0v) is 20.8. The summed E-state index contributed by atoms with van der Waals surface area (Å²) in [6.07, 6.45) is -1.31. The van der Waals surface area contributed by atoms with E-state index in [-0.39, 0.29) is 18.0 Å². The summed E-state index contributed by atoms with van der Waals surface area (Å²) in [5, 5.41) is 7.12. The summed E-state index contributed by atoms with van der Waals surface area (Å²) in [5.41, 5.74) is 2.92. The highest BCUT2D eigenvalue weighted by molar-refractivity contribution is 5.94. The maximum absolute atomic E-state index is 13.3. The molecule has 2 atom stereocenters. The van der Waals surface area contributed by atoms with Gasteiger partial charge in [0.05, 0.1) is 26.3 Å². The molecule has 2 aliphatic heterocycles. The molecule has 1 fully saturated rings. The van der Waals surface area contributed by atoms with Crippen LogP contribution in [0.15, 0.2) is 60.9 Å². The standard InChI is InChI=1S/C24H26N4O3.C2HF3O2/c1-30-19-9-7-17(8-10-19)13-28-22-16-26(14-18-5-3-11-25-23(18)31-2)15-21(22)27-12-4-6-20(27)24(28)29;3-2(4,5)1(6)7/h3-12,21-22H,13-16H2,1-2H3;(H,6,7)/t21-,22+;/m0./s1. The number of carboxylic acid groups (broad SMARTS) is 1. The molecule has 2 aromatic heterocycles. The fourth-order valence-corrected chi connectivity index (χ4v) is 4.80. The predicted octanol–water partition coefficient (Wildman–Crippen LogP) is 3.62. The lowest BCUT2D eigenvalue weighted by Crippen LogP contribution is -2.49. The zero-order chi connectivity index (χ0) is 27.4. The number of aromatic nitrogens is 2. The molecule has 0 radical (unpaired) electrons. The monoisotopic (exact) mass is 532 g/mol. The first-order valence-electron chi connectivity index (χ1n) is 11.7. The van der Waals surface area contributed by atoms with Gasteiger partial charge in [0.2, 0.25) is 5.88 Å². The van der Waals surface area contributed by atoms with Gasteiger partial charge in [-0.25, -0.2) is 9.78 Å². The highest BCUT2D eigenvalue weighted by atomic mass is 19.4. The number of carboxylic acids is 1. The van der Waals surface area contributed by atoms with Crippen LogP contribution in [0.2, 0.25) is 0 Å². The fraction of sp³-hybridized carbons (Fsp3) is 0.346. The second-order valence-corrected chi connectivity index (χ2v) is 8.89. The first-order valence-corrected chi connectivity index (χ1v) is 11.7. The maximum atomic E-state index is 13.3. The zero-order valence-electron chi connectivity index (χ0n) is 20.8. The number of halogens is 3. The lowest BCUT2D eigenvalue weighted by Gasteiger charge is -2.38. The van der Waals surface area contributed by atoms with E-state index in [1.54, 1.807) is 20.4 Å². The Morgan fingerprint density at radius 1 is 1.03 bits per heavy atom. The molecule has 0 saturated carbocycles. The molecule has 2 aliphatic rings. The van der Waals surface area contributed by atoms with E-state index in [4.69, 9.17) is 19.4 Å². The Bertz CT molecular complexity index is 1280. The number of carbonyl (C=O) groups is 2. The van der Waals surface area contributed by atoms with Crippen molar-refractivity contribution in [3.8, 4) is 11.6 Å². The molecule has 0 aliphatic carbocycles. The molecule has 38 heavy (non-hydrogen) atoms. The average Bonchev–Trinajstić information content (AvgIpc) is 3.55. The number of methoxy groups -OCH3 is 2. The number of pyridine rings is 1. The fourth-order valence-electron chi connectivity index (χ4n) is 4.80. The van der Waals surface area contributed by atoms with Crippen LogP contribution in [-0.4, -0.2) is 75.9 Å². The highest BCUT2D eigenvalue weighted by Gasteiger charge is 2.45. The van der Waals surface area contributed by atoms with E-state index in [0.29, 0.717) is 12.4 Å². The van der Waals surface area contributed by atoms with Crippen LogP contribution in [0.1, 0.15) is 27.7 Å². The maximum Gasteiger partial charge on any atom is 0.490 e. The molecule has 9 nitrogen and oxygen atoms in total. The molecular weight excluding hydrogens is 505 g/mol. The summed E-state index contributed by atoms with van der Waals surface area (Å²) in [6.45, 7) is 3.00. The summed E-state index contributed by atoms with van der Waals surface area (Å²) >= 11 is 0. The van der Waals surface area contributed by atoms with E-state index < -0.39 is 12.1 Å². The number of hydrogen-bond acceptors (Lipinski definition) is 6. The van der Waals surface area contributed by atoms with E-state index in [9.17, 15) is 18.0 Å². The number of fused-ring (bicyclic) bond motifs is 3. The van der Waals surface area contributed by atoms with Crippen molar-refractivity contribution in [3.05, 3.63) is 77.7 Å². The van der Waals surface area contributed by atoms with Crippen molar-refractivity contribution in [3.63, 3.8) is 0 Å². The third-order valence-electron chi connectivity index (χ3n) is 6.54. The van der Waals surface area contributed by atoms with Crippen LogP contribution >= 0.6 is 0 Å². The Balaban J connectivity index is 0.000000426. The Morgan fingerprint density at radius 3 is 2.34 bits per heavy atom. The number of hydrogen-bond donors (Lipinski definition) is 1. The van der Waals surface area contributed by atoms with E-state index in [0.717, 1.165) is 42.2 Å². The Labute approximate surface area is 217 Å². The molecule has 1 N–H and O–H groups in total. The number of alkyl halides is 3. The van der Waals surface area contributed by atoms with Crippen LogP contribution in [0.3, 0.4) is 0 Å². The highest BCUT2D eigenvalue weighted by Crippen LogP contribution is 2.36. The van der Waals surface area contributed by atoms with E-state index in [1.165, 1.54) is 0 Å². The Morgan fingerprint density at radius 2 is 1.71 bits per heavy atom. The van der Waals surface area contributed by atoms with Crippen molar-refractivity contribution < 1.29 is 37.3 Å². The van der Waals surface area contributed by atoms with Crippen LogP contribution in [0.4, 0.5) is 13.2 Å². The topological polar surface area (TPSA) is 97.1 Å². The van der Waals surface area contributed by atoms with Crippen molar-refractivity contribution >= 4 is 11.9 Å². The van der Waals surface area contributed by atoms with Gasteiger partial charge in [-0.2, -0.15) is 13.2 Å². The van der Waals surface area contributed by atoms with E-state index >= 15 is 0 Å². The lowest BCUT2D eigenvalue weighted by atomic mass is 10.0. The van der Waals surface area contributed by atoms with Gasteiger partial charge in [0.25, 0.3) is 5.91 Å². The summed E-state index contributed by atoms with van der Waals surface area (Å²) in [5.74, 6) is -1.20. The van der Waals surface area contributed by atoms with Crippen molar-refractivity contribution in [2.45, 2.75) is 31.3 Å². The first-order chi connectivity index (χ1) is 18.1. The number of amides is 1. The summed E-state index contributed by atoms with van der Waals surface area (Å²) in [6, 6.07) is 16.2. The largest absolute Gasteiger partial charge is 0.497 e. The molecule has 3 aromatic rings. The molecular formula is C26H27F3N4O5. The first kappa shape index (κ1) is 27.0. The number of aliphatic carboxylic acids is 1. The number of nitrogens with zero attached hydrogens (tertiary/aromatic N) is 4. The van der Waals surface area contributed by atoms with E-state index in [1.807, 2.05) is 53.6 Å². The molecule has 202 valence electrons. The van der Waals surface area contributed by atoms with Crippen molar-refractivity contribution in [2.24, 2.45) is 0 Å². The molecule has 0 unspecified atom stereocenters. The minimum Gasteiger partial charge on any atom is -0.497 e. The van der Waals surface area contributed by atoms with Crippen LogP contribution < -0.4 is 9.47 Å². The molecule has 0 bridgehead atoms. The molecule has 12 heteroatoms. The van der Waals surface area contributed by atoms with Gasteiger partial charge in [-0.1, -0.05) is 18.2 Å². The third-order valence-corrected chi connectivity index (χ3v) is 6.54. The van der Waals surface area contributed by atoms with Gasteiger partial charge >= 0.3 is 12.1 Å². The SMILES string of the molecule is COc1ccc(CN2C(=O)c3cccn3[C@H]3CN(Cc4cccnc4OC)C[C@H]32)cc1.O=C(O)C(F)(F)F. The predicted molar refractivity (Wildman–Crippen MR) is 130 cm³/mol. The molecule has 1 amide bonds. The van der Waals surface area contributed by atoms with Gasteiger partial charge < -0.3 is 24.0 Å². The van der Waals surface area contributed by atoms with E-state index in [2.05, 4.69) is 20.5 Å². The number of ether oxygens (including phenoxy) is 2. The molecule has 0 spiro atoms. The minimum absolute atomic E-state index is 0.0860. The second kappa shape index (κ2) is 11.1. The number of benzene rings is 1. The number of rotatable bonds is 6. The lowest BCUT2D eigenvalue weighted by molar-refractivity contribution is -0.192. The summed E-state index contributed by atoms with van der Waals surface area (Å²) in [7, 11) is 3.31. The van der Waals surface area contributed by atoms with Gasteiger partial charge in [0.1, 0.15) is 11.4 Å². The van der Waals surface area contributed by atoms with Crippen LogP contribution in [0, 0.1) is 0 Å². The van der Waals surface area contributed by atoms with Crippen molar-refractivity contribution in [2.75, 3.05) is 27.3 Å². The van der Waals surface area contributed by atoms with Crippen LogP contribution in [-0.2, 0) is 17.9 Å². The van der Waals surface area contributed by atoms with Gasteiger partial charge in [-0.15, -0.1) is 0 Å². The van der Waals surface area contributed by atoms with Crippen molar-refractivity contribution in [1.82, 2.24) is 19.4 Å². The Kier molecular flexibility index (Phi) is 7.91. The molecule has 4 heterocycles. The van der Waals surface area contributed by atoms with Gasteiger partial charge in [0, 0.05) is 44.1 Å². The minimum atomic E-state index is -5.08. The van der Waals surface area contributed by atoms with Crippen molar-refractivity contribution in [1.29, 1.82) is 0 Å². The number of likely N-dealkylation sites (tertiary alicyclic amines) is 1. The van der Waals surface area contributed by atoms with Crippen LogP contribution in [0.25, 0.3) is 0 Å². The summed E-state index contributed by atoms with van der Waals surface area (Å²) < 4.78 is 44.6. The number of carbonyl (C=O) groups excluding carboxylic acids is 1. The van der Waals surface area contributed by atoms with Gasteiger partial charge in [-0.3, -0.25) is 9.69 Å². The third kappa shape index (κ3) is 5.75. The Hall–Kier alpha value is -4.06. The molecule has 5 rings (SSSR count). The molecule has 1 saturated heterocycles. The van der Waals surface area contributed by atoms with Gasteiger partial charge in [0.15, 0.2) is 0 Å². The summed E-state index contributed by atoms with van der Waals surface area (Å²) in [4.78, 5) is 31.0. The normalized spacial score (nSPS) is 18.8. The second-order valence-electron chi connectivity index (χ2n) is 8.89. The van der Waals surface area contributed by atoms with Crippen LogP contribution in [0.5, 0.6) is 11.6 Å².